The Morgan fingerprint density at radius 3 is 2.39 bits per heavy atom. The molecule has 2 fully saturated rings. The average Bonchev–Trinajstić information content (AvgIpc) is 3.02. The number of fused-ring (bicyclic) bond motifs is 4. The van der Waals surface area contributed by atoms with Crippen molar-refractivity contribution in [2.45, 2.75) is 119 Å². The van der Waals surface area contributed by atoms with Gasteiger partial charge in [0.15, 0.2) is 0 Å². The van der Waals surface area contributed by atoms with Crippen molar-refractivity contribution in [3.05, 3.63) is 22.8 Å². The average molecular weight is 457 g/mol. The third kappa shape index (κ3) is 3.58. The number of allylic oxidation sites excluding steroid dienone is 3. The number of carbonyl (C=O) groups is 1. The van der Waals surface area contributed by atoms with Crippen molar-refractivity contribution in [2.24, 2.45) is 39.4 Å². The maximum atomic E-state index is 11.1. The third-order valence-electron chi connectivity index (χ3n) is 11.9. The van der Waals surface area contributed by atoms with Crippen molar-refractivity contribution >= 4 is 5.97 Å². The Morgan fingerprint density at radius 1 is 1.03 bits per heavy atom. The van der Waals surface area contributed by atoms with Crippen LogP contribution in [0.5, 0.6) is 0 Å². The molecule has 0 saturated heterocycles. The summed E-state index contributed by atoms with van der Waals surface area (Å²) in [7, 11) is 0. The highest BCUT2D eigenvalue weighted by Gasteiger charge is 2.63. The van der Waals surface area contributed by atoms with Crippen LogP contribution in [-0.2, 0) is 4.79 Å². The Hall–Kier alpha value is -1.09. The lowest BCUT2D eigenvalue weighted by molar-refractivity contribution is -0.132. The van der Waals surface area contributed by atoms with Gasteiger partial charge in [0.05, 0.1) is 6.10 Å². The second-order valence-corrected chi connectivity index (χ2v) is 13.5. The fourth-order valence-corrected chi connectivity index (χ4v) is 9.48. The van der Waals surface area contributed by atoms with E-state index in [2.05, 4.69) is 41.5 Å². The highest BCUT2D eigenvalue weighted by molar-refractivity contribution is 5.85. The zero-order valence-corrected chi connectivity index (χ0v) is 22.3. The van der Waals surface area contributed by atoms with Crippen molar-refractivity contribution in [3.8, 4) is 0 Å². The van der Waals surface area contributed by atoms with E-state index in [0.29, 0.717) is 34.2 Å². The molecular weight excluding hydrogens is 408 g/mol. The first-order chi connectivity index (χ1) is 15.3. The Balaban J connectivity index is 1.60. The van der Waals surface area contributed by atoms with Crippen LogP contribution in [0.15, 0.2) is 22.8 Å². The van der Waals surface area contributed by atoms with Crippen LogP contribution < -0.4 is 0 Å². The summed E-state index contributed by atoms with van der Waals surface area (Å²) in [5.74, 6) is 1.12. The van der Waals surface area contributed by atoms with E-state index < -0.39 is 5.97 Å². The monoisotopic (exact) mass is 456 g/mol. The van der Waals surface area contributed by atoms with Crippen LogP contribution >= 0.6 is 0 Å². The van der Waals surface area contributed by atoms with Crippen LogP contribution in [0.25, 0.3) is 0 Å². The van der Waals surface area contributed by atoms with Gasteiger partial charge in [-0.1, -0.05) is 58.8 Å². The first-order valence-electron chi connectivity index (χ1n) is 13.6. The minimum Gasteiger partial charge on any atom is -0.478 e. The topological polar surface area (TPSA) is 57.5 Å². The van der Waals surface area contributed by atoms with Gasteiger partial charge in [0.25, 0.3) is 0 Å². The van der Waals surface area contributed by atoms with Crippen LogP contribution in [-0.4, -0.2) is 22.3 Å². The molecule has 0 amide bonds. The molecule has 0 aliphatic heterocycles. The quantitative estimate of drug-likeness (QED) is 0.332. The number of hydrogen-bond acceptors (Lipinski definition) is 2. The summed E-state index contributed by atoms with van der Waals surface area (Å²) < 4.78 is 0. The van der Waals surface area contributed by atoms with Crippen LogP contribution in [0, 0.1) is 39.4 Å². The molecule has 0 aromatic heterocycles. The molecule has 0 spiro atoms. The molecule has 0 bridgehead atoms. The molecule has 186 valence electrons. The van der Waals surface area contributed by atoms with E-state index in [4.69, 9.17) is 5.11 Å². The summed E-state index contributed by atoms with van der Waals surface area (Å²) in [5.41, 5.74) is 4.95. The van der Waals surface area contributed by atoms with Crippen LogP contribution in [0.1, 0.15) is 113 Å². The van der Waals surface area contributed by atoms with Gasteiger partial charge in [0.1, 0.15) is 0 Å². The van der Waals surface area contributed by atoms with Crippen molar-refractivity contribution in [3.63, 3.8) is 0 Å². The summed E-state index contributed by atoms with van der Waals surface area (Å²) in [4.78, 5) is 11.1. The number of aliphatic hydroxyl groups is 1. The molecular formula is C30H48O3. The molecule has 4 rings (SSSR count). The molecule has 0 aromatic rings. The van der Waals surface area contributed by atoms with Gasteiger partial charge in [0, 0.05) is 5.57 Å². The molecule has 3 nitrogen and oxygen atoms in total. The lowest BCUT2D eigenvalue weighted by Gasteiger charge is -2.62. The zero-order chi connectivity index (χ0) is 24.4. The van der Waals surface area contributed by atoms with Crippen molar-refractivity contribution in [1.29, 1.82) is 0 Å². The van der Waals surface area contributed by atoms with Gasteiger partial charge in [0.2, 0.25) is 0 Å². The maximum absolute atomic E-state index is 11.1. The number of aliphatic hydroxyl groups excluding tert-OH is 1. The number of carboxylic acids is 1. The minimum atomic E-state index is -0.794. The second-order valence-electron chi connectivity index (χ2n) is 13.5. The van der Waals surface area contributed by atoms with Gasteiger partial charge in [-0.15, -0.1) is 0 Å². The van der Waals surface area contributed by atoms with Crippen molar-refractivity contribution < 1.29 is 15.0 Å². The van der Waals surface area contributed by atoms with Crippen molar-refractivity contribution in [2.75, 3.05) is 0 Å². The van der Waals surface area contributed by atoms with E-state index in [9.17, 15) is 9.90 Å². The van der Waals surface area contributed by atoms with E-state index in [1.807, 2.05) is 6.08 Å². The Kier molecular flexibility index (Phi) is 6.25. The molecule has 0 heterocycles. The number of aliphatic carboxylic acids is 1. The van der Waals surface area contributed by atoms with Gasteiger partial charge >= 0.3 is 5.97 Å². The summed E-state index contributed by atoms with van der Waals surface area (Å²) in [6.07, 6.45) is 13.3. The molecule has 4 aliphatic rings. The highest BCUT2D eigenvalue weighted by atomic mass is 16.4. The normalized spacial score (nSPS) is 43.5. The zero-order valence-electron chi connectivity index (χ0n) is 22.3. The fraction of sp³-hybridized carbons (Fsp3) is 0.833. The standard InChI is InChI=1S/C30H48O3/c1-19(9-8-10-20(2)26(32)33)21-13-17-30(7)23-11-12-24-27(3,4)25(31)15-16-28(24,5)22(23)14-18-29(21,30)6/h10,19,21,24-25,31H,8-9,11-18H2,1-7H3,(H,32,33)/b20-10-/t19-,21?,24?,25-,28+,29-,30+/m0/s1. The fourth-order valence-electron chi connectivity index (χ4n) is 9.48. The molecule has 2 saturated carbocycles. The third-order valence-corrected chi connectivity index (χ3v) is 11.9. The predicted molar refractivity (Wildman–Crippen MR) is 135 cm³/mol. The van der Waals surface area contributed by atoms with E-state index in [-0.39, 0.29) is 16.9 Å². The van der Waals surface area contributed by atoms with Gasteiger partial charge in [-0.3, -0.25) is 0 Å². The Morgan fingerprint density at radius 2 is 1.73 bits per heavy atom. The Labute approximate surface area is 202 Å². The minimum absolute atomic E-state index is 0.00150. The summed E-state index contributed by atoms with van der Waals surface area (Å²) in [5, 5.41) is 20.0. The van der Waals surface area contributed by atoms with E-state index in [0.717, 1.165) is 25.7 Å². The lowest BCUT2D eigenvalue weighted by Crippen LogP contribution is -2.55. The van der Waals surface area contributed by atoms with Crippen LogP contribution in [0.2, 0.25) is 0 Å². The number of rotatable bonds is 5. The van der Waals surface area contributed by atoms with Crippen LogP contribution in [0.4, 0.5) is 0 Å². The summed E-state index contributed by atoms with van der Waals surface area (Å²) in [6, 6.07) is 0. The molecule has 3 heteroatoms. The number of carboxylic acid groups (broad SMARTS) is 1. The second kappa shape index (κ2) is 8.25. The highest BCUT2D eigenvalue weighted by Crippen LogP contribution is 2.72. The SMILES string of the molecule is C/C(=C/CC[C@H](C)C1CC[C@]2(C)C3=C(CC[C@@]12C)[C@@]1(C)CC[C@H](O)C(C)(C)C1CC3)C(=O)O. The summed E-state index contributed by atoms with van der Waals surface area (Å²) >= 11 is 0. The van der Waals surface area contributed by atoms with Gasteiger partial charge < -0.3 is 10.2 Å². The molecule has 7 atom stereocenters. The smallest absolute Gasteiger partial charge is 0.330 e. The van der Waals surface area contributed by atoms with Gasteiger partial charge in [-0.05, 0) is 111 Å². The van der Waals surface area contributed by atoms with Crippen LogP contribution in [0.3, 0.4) is 0 Å². The van der Waals surface area contributed by atoms with Gasteiger partial charge in [-0.25, -0.2) is 4.79 Å². The number of hydrogen-bond donors (Lipinski definition) is 2. The summed E-state index contributed by atoms with van der Waals surface area (Å²) in [6.45, 7) is 16.5. The maximum Gasteiger partial charge on any atom is 0.330 e. The molecule has 0 aromatic carbocycles. The molecule has 0 radical (unpaired) electrons. The predicted octanol–water partition coefficient (Wildman–Crippen LogP) is 7.54. The van der Waals surface area contributed by atoms with E-state index in [1.165, 1.54) is 38.5 Å². The molecule has 33 heavy (non-hydrogen) atoms. The molecule has 2 N–H and O–H groups in total. The van der Waals surface area contributed by atoms with E-state index in [1.54, 1.807) is 18.1 Å². The Bertz CT molecular complexity index is 866. The molecule has 4 aliphatic carbocycles. The largest absolute Gasteiger partial charge is 0.478 e. The van der Waals surface area contributed by atoms with Gasteiger partial charge in [-0.2, -0.15) is 0 Å². The van der Waals surface area contributed by atoms with E-state index >= 15 is 0 Å². The van der Waals surface area contributed by atoms with Crippen molar-refractivity contribution in [1.82, 2.24) is 0 Å². The first-order valence-corrected chi connectivity index (χ1v) is 13.6. The lowest BCUT2D eigenvalue weighted by atomic mass is 9.43. The molecule has 2 unspecified atom stereocenters. The first kappa shape index (κ1) is 25.0.